The van der Waals surface area contributed by atoms with Crippen LogP contribution >= 0.6 is 0 Å². The fourth-order valence-electron chi connectivity index (χ4n) is 15.0. The summed E-state index contributed by atoms with van der Waals surface area (Å²) in [6.45, 7) is 14.4. The summed E-state index contributed by atoms with van der Waals surface area (Å²) in [6.07, 6.45) is 92.2. The highest BCUT2D eigenvalue weighted by Gasteiger charge is 2.31. The lowest BCUT2D eigenvalue weighted by molar-refractivity contribution is 0.310. The molecule has 2 rings (SSSR count). The van der Waals surface area contributed by atoms with Crippen LogP contribution in [-0.2, 0) is 0 Å². The highest BCUT2D eigenvalue weighted by molar-refractivity contribution is 6.00. The third kappa shape index (κ3) is 45.0. The monoisotopic (exact) mass is 1200 g/mol. The second-order valence-corrected chi connectivity index (χ2v) is 29.5. The lowest BCUT2D eigenvalue weighted by Gasteiger charge is -2.37. The number of nitrogens with zero attached hydrogens (tertiary/aromatic N) is 2. The predicted molar refractivity (Wildman–Crippen MR) is 397 cm³/mol. The van der Waals surface area contributed by atoms with Crippen molar-refractivity contribution in [3.8, 4) is 0 Å². The fourth-order valence-corrected chi connectivity index (χ4v) is 15.0. The lowest BCUT2D eigenvalue weighted by atomic mass is 10.00. The first-order valence-electron chi connectivity index (χ1n) is 40.7. The van der Waals surface area contributed by atoms with E-state index in [4.69, 9.17) is 0 Å². The number of benzene rings is 2. The first-order chi connectivity index (χ1) is 42.5. The molecule has 86 heavy (non-hydrogen) atoms. The Morgan fingerprint density at radius 3 is 0.442 bits per heavy atom. The van der Waals surface area contributed by atoms with Crippen molar-refractivity contribution >= 4 is 22.1 Å². The van der Waals surface area contributed by atoms with Gasteiger partial charge in [-0.3, -0.25) is 8.97 Å². The predicted octanol–water partition coefficient (Wildman–Crippen LogP) is 29.8. The molecule has 0 heterocycles. The second kappa shape index (κ2) is 61.1. The highest BCUT2D eigenvalue weighted by atomic mass is 15.3. The first-order valence-corrected chi connectivity index (χ1v) is 40.7. The minimum absolute atomic E-state index is 1.11. The van der Waals surface area contributed by atoms with Crippen molar-refractivity contribution in [3.63, 3.8) is 0 Å². The number of fused-ring (bicyclic) bond motifs is 1. The number of quaternary nitrogens is 2. The van der Waals surface area contributed by atoms with E-state index in [-0.39, 0.29) is 0 Å². The first kappa shape index (κ1) is 80.7. The molecule has 2 heteroatoms. The molecule has 504 valence electrons. The van der Waals surface area contributed by atoms with Gasteiger partial charge in [0.1, 0.15) is 11.4 Å². The molecule has 0 aliphatic carbocycles. The molecule has 0 aromatic heterocycles. The normalized spacial score (nSPS) is 12.2. The lowest BCUT2D eigenvalue weighted by Crippen LogP contribution is -2.47. The van der Waals surface area contributed by atoms with Gasteiger partial charge < -0.3 is 0 Å². The van der Waals surface area contributed by atoms with Gasteiger partial charge in [0.15, 0.2) is 0 Å². The maximum Gasteiger partial charge on any atom is 0.140 e. The van der Waals surface area contributed by atoms with Gasteiger partial charge in [0.25, 0.3) is 0 Å². The minimum Gasteiger partial charge on any atom is -0.293 e. The number of hydrogen-bond acceptors (Lipinski definition) is 0. The highest BCUT2D eigenvalue weighted by Crippen LogP contribution is 2.39. The fraction of sp³-hybridized carbons (Fsp3) is 0.881. The van der Waals surface area contributed by atoms with Crippen LogP contribution in [0.2, 0.25) is 0 Å². The molecule has 0 bridgehead atoms. The summed E-state index contributed by atoms with van der Waals surface area (Å²) in [4.78, 5) is 0. The Bertz CT molecular complexity index is 1470. The van der Waals surface area contributed by atoms with E-state index in [0.717, 1.165) is 8.97 Å². The van der Waals surface area contributed by atoms with E-state index >= 15 is 0 Å². The van der Waals surface area contributed by atoms with Gasteiger partial charge in [0.2, 0.25) is 0 Å². The average molecular weight is 1200 g/mol. The Balaban J connectivity index is 2.07. The SMILES string of the molecule is CCCCCCCCCCCCCCCCCC[N+](C)(CCCCCCCCCCCCCCCCCC)c1cccc2c([N+](C)(CCCCCCCCCCCCCCCCCC)CCCCCCCCCCCCCCCCCC)cccc12. The largest absolute Gasteiger partial charge is 0.293 e. The van der Waals surface area contributed by atoms with E-state index in [9.17, 15) is 0 Å². The maximum absolute atomic E-state index is 2.65. The molecule has 0 spiro atoms. The van der Waals surface area contributed by atoms with Crippen LogP contribution < -0.4 is 8.97 Å². The number of hydrogen-bond donors (Lipinski definition) is 0. The van der Waals surface area contributed by atoms with E-state index in [1.165, 1.54) is 437 Å². The summed E-state index contributed by atoms with van der Waals surface area (Å²) in [5, 5.41) is 3.12. The van der Waals surface area contributed by atoms with Crippen molar-refractivity contribution in [1.29, 1.82) is 0 Å². The summed E-state index contributed by atoms with van der Waals surface area (Å²) in [6, 6.07) is 15.2. The zero-order chi connectivity index (χ0) is 61.6. The zero-order valence-electron chi connectivity index (χ0n) is 60.4. The smallest absolute Gasteiger partial charge is 0.140 e. The van der Waals surface area contributed by atoms with Crippen LogP contribution in [0, 0.1) is 0 Å². The third-order valence-electron chi connectivity index (χ3n) is 21.1. The van der Waals surface area contributed by atoms with Crippen LogP contribution in [0.15, 0.2) is 36.4 Å². The summed E-state index contributed by atoms with van der Waals surface area (Å²) in [7, 11) is 5.30. The van der Waals surface area contributed by atoms with Gasteiger partial charge in [0.05, 0.1) is 40.3 Å². The molecule has 0 saturated carbocycles. The summed E-state index contributed by atoms with van der Waals surface area (Å²) in [5.41, 5.74) is 3.23. The number of unbranched alkanes of at least 4 members (excludes halogenated alkanes) is 60. The summed E-state index contributed by atoms with van der Waals surface area (Å²) < 4.78 is 2.22. The van der Waals surface area contributed by atoms with Gasteiger partial charge in [-0.05, 0) is 75.6 Å². The molecule has 2 nitrogen and oxygen atoms in total. The number of rotatable bonds is 70. The Hall–Kier alpha value is -1.38. The molecule has 0 aliphatic heterocycles. The molecule has 0 amide bonds. The topological polar surface area (TPSA) is 0 Å². The van der Waals surface area contributed by atoms with Crippen molar-refractivity contribution < 1.29 is 0 Å². The molecule has 0 N–H and O–H groups in total. The van der Waals surface area contributed by atoms with Crippen LogP contribution in [0.3, 0.4) is 0 Å². The van der Waals surface area contributed by atoms with E-state index in [1.54, 1.807) is 22.1 Å². The van der Waals surface area contributed by atoms with Crippen LogP contribution in [-0.4, -0.2) is 40.3 Å². The Morgan fingerprint density at radius 2 is 0.302 bits per heavy atom. The van der Waals surface area contributed by atoms with Crippen LogP contribution in [0.4, 0.5) is 11.4 Å². The van der Waals surface area contributed by atoms with Crippen molar-refractivity contribution in [3.05, 3.63) is 36.4 Å². The Kier molecular flexibility index (Phi) is 57.4. The van der Waals surface area contributed by atoms with Crippen LogP contribution in [0.1, 0.15) is 439 Å². The van der Waals surface area contributed by atoms with Gasteiger partial charge >= 0.3 is 0 Å². The molecule has 2 aromatic carbocycles. The standard InChI is InChI=1S/C84H160N2/c1-7-11-15-19-23-27-31-35-39-43-47-51-55-59-63-67-77-85(5,78-68-64-60-56-52-48-44-40-36-32-28-24-20-16-12-8-2)83-75-71-74-82-81(83)73-72-76-84(82)86(6,79-69-65-61-57-53-49-45-41-37-33-29-25-21-17-13-9-3)80-70-66-62-58-54-50-46-42-38-34-30-26-22-18-14-10-4/h71-76H,7-70,77-80H2,1-6H3/q+2. The van der Waals surface area contributed by atoms with E-state index in [2.05, 4.69) is 78.2 Å². The quantitative estimate of drug-likeness (QED) is 0.0457. The van der Waals surface area contributed by atoms with Crippen molar-refractivity contribution in [2.75, 3.05) is 40.3 Å². The maximum atomic E-state index is 2.65. The van der Waals surface area contributed by atoms with Crippen LogP contribution in [0.5, 0.6) is 0 Å². The van der Waals surface area contributed by atoms with E-state index < -0.39 is 0 Å². The van der Waals surface area contributed by atoms with E-state index in [0.29, 0.717) is 0 Å². The third-order valence-corrected chi connectivity index (χ3v) is 21.1. The van der Waals surface area contributed by atoms with E-state index in [1.807, 2.05) is 0 Å². The Morgan fingerprint density at radius 1 is 0.174 bits per heavy atom. The van der Waals surface area contributed by atoms with Gasteiger partial charge in [-0.2, -0.15) is 0 Å². The van der Waals surface area contributed by atoms with Gasteiger partial charge in [-0.25, -0.2) is 0 Å². The molecule has 0 saturated heterocycles. The van der Waals surface area contributed by atoms with Crippen LogP contribution in [0.25, 0.3) is 10.8 Å². The molecular weight excluding hydrogens is 1040 g/mol. The van der Waals surface area contributed by atoms with Gasteiger partial charge in [-0.1, -0.05) is 399 Å². The van der Waals surface area contributed by atoms with Crippen molar-refractivity contribution in [2.45, 2.75) is 439 Å². The average Bonchev–Trinajstić information content (AvgIpc) is 2.29. The molecule has 0 unspecified atom stereocenters. The summed E-state index contributed by atoms with van der Waals surface area (Å²) in [5.74, 6) is 0. The molecule has 0 radical (unpaired) electrons. The molecule has 0 fully saturated rings. The molecule has 0 aliphatic rings. The minimum atomic E-state index is 1.11. The Labute approximate surface area is 543 Å². The van der Waals surface area contributed by atoms with Gasteiger partial charge in [0, 0.05) is 10.8 Å². The van der Waals surface area contributed by atoms with Crippen molar-refractivity contribution in [2.24, 2.45) is 0 Å². The molecule has 2 aromatic rings. The summed E-state index contributed by atoms with van der Waals surface area (Å²) >= 11 is 0. The van der Waals surface area contributed by atoms with Gasteiger partial charge in [-0.15, -0.1) is 0 Å². The van der Waals surface area contributed by atoms with Crippen molar-refractivity contribution in [1.82, 2.24) is 8.97 Å². The second-order valence-electron chi connectivity index (χ2n) is 29.5. The molecule has 0 atom stereocenters. The molecular formula is C84H160N2+2. The zero-order valence-corrected chi connectivity index (χ0v) is 60.4.